The number of hydrogen-bond acceptors (Lipinski definition) is 4. The van der Waals surface area contributed by atoms with E-state index in [0.717, 1.165) is 48.2 Å². The molecule has 0 aliphatic carbocycles. The van der Waals surface area contributed by atoms with Crippen molar-refractivity contribution < 1.29 is 9.53 Å². The van der Waals surface area contributed by atoms with Crippen LogP contribution in [0.15, 0.2) is 60.9 Å². The molecule has 1 unspecified atom stereocenters. The van der Waals surface area contributed by atoms with E-state index < -0.39 is 0 Å². The average molecular weight is 501 g/mol. The molecular formula is C33H44N2O2. The molecule has 0 fully saturated rings. The minimum atomic E-state index is -0.169. The predicted octanol–water partition coefficient (Wildman–Crippen LogP) is 9.23. The summed E-state index contributed by atoms with van der Waals surface area (Å²) in [6, 6.07) is 16.2. The topological polar surface area (TPSA) is 52.1 Å². The molecule has 0 radical (unpaired) electrons. The first kappa shape index (κ1) is 28.6. The summed E-state index contributed by atoms with van der Waals surface area (Å²) < 4.78 is 5.49. The number of hydrogen-bond donors (Lipinski definition) is 0. The summed E-state index contributed by atoms with van der Waals surface area (Å²) in [6.07, 6.45) is 17.7. The Balaban J connectivity index is 1.46. The van der Waals surface area contributed by atoms with Crippen LogP contribution in [0.25, 0.3) is 22.5 Å². The van der Waals surface area contributed by atoms with Gasteiger partial charge in [-0.15, -0.1) is 0 Å². The number of esters is 1. The third kappa shape index (κ3) is 10.1. The number of ether oxygens (including phenoxy) is 1. The molecule has 37 heavy (non-hydrogen) atoms. The number of aryl methyl sites for hydroxylation is 1. The lowest BCUT2D eigenvalue weighted by Gasteiger charge is -2.08. The van der Waals surface area contributed by atoms with Gasteiger partial charge in [-0.1, -0.05) is 109 Å². The molecule has 1 atom stereocenters. The van der Waals surface area contributed by atoms with Crippen LogP contribution < -0.4 is 4.74 Å². The summed E-state index contributed by atoms with van der Waals surface area (Å²) in [5.41, 5.74) is 4.34. The van der Waals surface area contributed by atoms with Gasteiger partial charge in [0.1, 0.15) is 5.75 Å². The molecule has 1 heterocycles. The highest BCUT2D eigenvalue weighted by molar-refractivity contribution is 5.73. The van der Waals surface area contributed by atoms with Crippen molar-refractivity contribution in [1.29, 1.82) is 0 Å². The molecule has 0 saturated carbocycles. The van der Waals surface area contributed by atoms with Gasteiger partial charge < -0.3 is 4.74 Å². The molecule has 4 nitrogen and oxygen atoms in total. The van der Waals surface area contributed by atoms with Gasteiger partial charge in [-0.3, -0.25) is 4.79 Å². The molecule has 0 aliphatic heterocycles. The standard InChI is InChI=1S/C33H44N2O2/c1-4-6-7-8-9-10-11-14-27-16-18-29(19-17-27)33-34-24-30(25-35-33)28-20-22-31(23-21-28)37-32(36)15-12-13-26(3)5-2/h16-26H,4-15H2,1-3H3. The van der Waals surface area contributed by atoms with Crippen molar-refractivity contribution >= 4 is 5.97 Å². The zero-order chi connectivity index (χ0) is 26.3. The van der Waals surface area contributed by atoms with Crippen LogP contribution in [-0.2, 0) is 11.2 Å². The third-order valence-electron chi connectivity index (χ3n) is 7.13. The fourth-order valence-electron chi connectivity index (χ4n) is 4.43. The van der Waals surface area contributed by atoms with E-state index in [-0.39, 0.29) is 5.97 Å². The molecule has 3 rings (SSSR count). The lowest BCUT2D eigenvalue weighted by molar-refractivity contribution is -0.134. The molecule has 0 amide bonds. The van der Waals surface area contributed by atoms with Crippen molar-refractivity contribution in [2.75, 3.05) is 0 Å². The summed E-state index contributed by atoms with van der Waals surface area (Å²) >= 11 is 0. The van der Waals surface area contributed by atoms with E-state index in [1.165, 1.54) is 50.5 Å². The Morgan fingerprint density at radius 1 is 0.757 bits per heavy atom. The molecule has 0 saturated heterocycles. The maximum atomic E-state index is 12.1. The molecule has 4 heteroatoms. The van der Waals surface area contributed by atoms with E-state index >= 15 is 0 Å². The Morgan fingerprint density at radius 2 is 1.38 bits per heavy atom. The minimum Gasteiger partial charge on any atom is -0.427 e. The Hall–Kier alpha value is -3.01. The number of unbranched alkanes of at least 4 members (excludes halogenated alkanes) is 6. The maximum Gasteiger partial charge on any atom is 0.311 e. The second-order valence-electron chi connectivity index (χ2n) is 10.3. The van der Waals surface area contributed by atoms with Crippen LogP contribution in [0.3, 0.4) is 0 Å². The fraction of sp³-hybridized carbons (Fsp3) is 0.485. The number of nitrogens with zero attached hydrogens (tertiary/aromatic N) is 2. The fourth-order valence-corrected chi connectivity index (χ4v) is 4.43. The highest BCUT2D eigenvalue weighted by Gasteiger charge is 2.08. The Bertz CT molecular complexity index is 1040. The van der Waals surface area contributed by atoms with Gasteiger partial charge in [-0.25, -0.2) is 9.97 Å². The molecule has 2 aromatic carbocycles. The van der Waals surface area contributed by atoms with Gasteiger partial charge in [0.05, 0.1) is 0 Å². The van der Waals surface area contributed by atoms with Crippen LogP contribution in [0.2, 0.25) is 0 Å². The quantitative estimate of drug-likeness (QED) is 0.112. The zero-order valence-corrected chi connectivity index (χ0v) is 23.0. The zero-order valence-electron chi connectivity index (χ0n) is 23.0. The number of aromatic nitrogens is 2. The number of rotatable bonds is 16. The highest BCUT2D eigenvalue weighted by Crippen LogP contribution is 2.24. The smallest absolute Gasteiger partial charge is 0.311 e. The largest absolute Gasteiger partial charge is 0.427 e. The Morgan fingerprint density at radius 3 is 2.03 bits per heavy atom. The van der Waals surface area contributed by atoms with E-state index in [1.807, 2.05) is 36.7 Å². The van der Waals surface area contributed by atoms with Gasteiger partial charge in [0.2, 0.25) is 0 Å². The number of carbonyl (C=O) groups is 1. The van der Waals surface area contributed by atoms with Crippen molar-refractivity contribution in [1.82, 2.24) is 9.97 Å². The van der Waals surface area contributed by atoms with Crippen LogP contribution >= 0.6 is 0 Å². The first-order valence-electron chi connectivity index (χ1n) is 14.3. The Labute approximate surface area is 223 Å². The lowest BCUT2D eigenvalue weighted by atomic mass is 10.0. The van der Waals surface area contributed by atoms with Gasteiger partial charge in [0.25, 0.3) is 0 Å². The van der Waals surface area contributed by atoms with Gasteiger partial charge >= 0.3 is 5.97 Å². The van der Waals surface area contributed by atoms with Crippen molar-refractivity contribution in [3.8, 4) is 28.3 Å². The van der Waals surface area contributed by atoms with Crippen LogP contribution in [-0.4, -0.2) is 15.9 Å². The SMILES string of the molecule is CCCCCCCCCc1ccc(-c2ncc(-c3ccc(OC(=O)CCCC(C)CC)cc3)cn2)cc1. The van der Waals surface area contributed by atoms with Crippen molar-refractivity contribution in [3.05, 3.63) is 66.5 Å². The van der Waals surface area contributed by atoms with Crippen LogP contribution in [0.5, 0.6) is 5.75 Å². The van der Waals surface area contributed by atoms with Crippen molar-refractivity contribution in [3.63, 3.8) is 0 Å². The number of carbonyl (C=O) groups excluding carboxylic acids is 1. The summed E-state index contributed by atoms with van der Waals surface area (Å²) in [5, 5.41) is 0. The molecule has 0 spiro atoms. The third-order valence-corrected chi connectivity index (χ3v) is 7.13. The van der Waals surface area contributed by atoms with Crippen molar-refractivity contribution in [2.24, 2.45) is 5.92 Å². The van der Waals surface area contributed by atoms with Gasteiger partial charge in [-0.05, 0) is 48.4 Å². The molecule has 0 N–H and O–H groups in total. The van der Waals surface area contributed by atoms with E-state index in [9.17, 15) is 4.79 Å². The Kier molecular flexibility index (Phi) is 12.3. The average Bonchev–Trinajstić information content (AvgIpc) is 2.93. The van der Waals surface area contributed by atoms with E-state index in [2.05, 4.69) is 55.0 Å². The highest BCUT2D eigenvalue weighted by atomic mass is 16.5. The first-order valence-corrected chi connectivity index (χ1v) is 14.3. The normalized spacial score (nSPS) is 11.9. The van der Waals surface area contributed by atoms with Gasteiger partial charge in [0.15, 0.2) is 5.82 Å². The summed E-state index contributed by atoms with van der Waals surface area (Å²) in [6.45, 7) is 6.66. The molecule has 0 aliphatic rings. The molecule has 1 aromatic heterocycles. The number of benzene rings is 2. The molecular weight excluding hydrogens is 456 g/mol. The first-order chi connectivity index (χ1) is 18.1. The maximum absolute atomic E-state index is 12.1. The monoisotopic (exact) mass is 500 g/mol. The van der Waals surface area contributed by atoms with Crippen LogP contribution in [0.4, 0.5) is 0 Å². The lowest BCUT2D eigenvalue weighted by Crippen LogP contribution is -2.08. The van der Waals surface area contributed by atoms with Crippen molar-refractivity contribution in [2.45, 2.75) is 97.8 Å². The molecule has 3 aromatic rings. The van der Waals surface area contributed by atoms with E-state index in [4.69, 9.17) is 4.74 Å². The summed E-state index contributed by atoms with van der Waals surface area (Å²) in [7, 11) is 0. The molecule has 198 valence electrons. The van der Waals surface area contributed by atoms with E-state index in [0.29, 0.717) is 18.1 Å². The van der Waals surface area contributed by atoms with Gasteiger partial charge in [0, 0.05) is 29.9 Å². The second kappa shape index (κ2) is 16.0. The van der Waals surface area contributed by atoms with Gasteiger partial charge in [-0.2, -0.15) is 0 Å². The van der Waals surface area contributed by atoms with E-state index in [1.54, 1.807) is 0 Å². The predicted molar refractivity (Wildman–Crippen MR) is 154 cm³/mol. The summed E-state index contributed by atoms with van der Waals surface area (Å²) in [5.74, 6) is 1.79. The minimum absolute atomic E-state index is 0.169. The molecule has 0 bridgehead atoms. The second-order valence-corrected chi connectivity index (χ2v) is 10.3. The summed E-state index contributed by atoms with van der Waals surface area (Å²) in [4.78, 5) is 21.3. The van der Waals surface area contributed by atoms with Crippen LogP contribution in [0, 0.1) is 5.92 Å². The van der Waals surface area contributed by atoms with Crippen LogP contribution in [0.1, 0.15) is 97.0 Å².